The average molecular weight is 399 g/mol. The van der Waals surface area contributed by atoms with E-state index in [9.17, 15) is 4.79 Å². The van der Waals surface area contributed by atoms with Crippen molar-refractivity contribution in [2.24, 2.45) is 0 Å². The molecule has 2 aliphatic rings. The Hall–Kier alpha value is -1.76. The number of carbonyl (C=O) groups excluding carboxylic acids is 1. The minimum atomic E-state index is 0.0731. The molecule has 1 aliphatic carbocycles. The third-order valence-electron chi connectivity index (χ3n) is 5.38. The number of fused-ring (bicyclic) bond motifs is 2. The van der Waals surface area contributed by atoms with Crippen molar-refractivity contribution in [3.63, 3.8) is 0 Å². The van der Waals surface area contributed by atoms with Crippen molar-refractivity contribution in [1.29, 1.82) is 0 Å². The summed E-state index contributed by atoms with van der Waals surface area (Å²) in [4.78, 5) is 22.3. The molecule has 0 saturated carbocycles. The number of aryl methyl sites for hydroxylation is 2. The summed E-state index contributed by atoms with van der Waals surface area (Å²) < 4.78 is 6.95. The number of nitrogens with zero attached hydrogens (tertiary/aromatic N) is 2. The molecule has 27 heavy (non-hydrogen) atoms. The third-order valence-corrected chi connectivity index (χ3v) is 7.66. The zero-order valence-corrected chi connectivity index (χ0v) is 16.8. The number of thiazole rings is 1. The maximum Gasteiger partial charge on any atom is 0.270 e. The summed E-state index contributed by atoms with van der Waals surface area (Å²) in [6.45, 7) is 1.38. The van der Waals surface area contributed by atoms with Crippen molar-refractivity contribution in [3.8, 4) is 0 Å². The maximum atomic E-state index is 13.5. The van der Waals surface area contributed by atoms with Gasteiger partial charge < -0.3 is 4.74 Å². The Morgan fingerprint density at radius 1 is 1.19 bits per heavy atom. The van der Waals surface area contributed by atoms with E-state index in [1.165, 1.54) is 23.3 Å². The van der Waals surface area contributed by atoms with Crippen molar-refractivity contribution in [3.05, 3.63) is 45.6 Å². The SMILES string of the molecule is O=C(c1cc2c(s1)CCCC2)N(C[C@@H]1CCCO1)c1nc2ccccc2s1. The quantitative estimate of drug-likeness (QED) is 0.617. The first-order chi connectivity index (χ1) is 13.3. The van der Waals surface area contributed by atoms with Gasteiger partial charge in [0, 0.05) is 11.5 Å². The molecule has 0 unspecified atom stereocenters. The van der Waals surface area contributed by atoms with Crippen LogP contribution in [0.2, 0.25) is 0 Å². The van der Waals surface area contributed by atoms with E-state index in [1.807, 2.05) is 23.1 Å². The Balaban J connectivity index is 1.50. The Bertz CT molecular complexity index is 915. The third kappa shape index (κ3) is 3.42. The van der Waals surface area contributed by atoms with Crippen LogP contribution in [-0.2, 0) is 17.6 Å². The summed E-state index contributed by atoms with van der Waals surface area (Å²) >= 11 is 3.27. The fourth-order valence-electron chi connectivity index (χ4n) is 3.94. The number of ether oxygens (including phenoxy) is 1. The Morgan fingerprint density at radius 3 is 2.89 bits per heavy atom. The van der Waals surface area contributed by atoms with E-state index in [1.54, 1.807) is 22.7 Å². The van der Waals surface area contributed by atoms with Gasteiger partial charge in [0.2, 0.25) is 0 Å². The molecule has 3 heterocycles. The van der Waals surface area contributed by atoms with Crippen LogP contribution in [0.25, 0.3) is 10.2 Å². The van der Waals surface area contributed by atoms with Crippen molar-refractivity contribution in [1.82, 2.24) is 4.98 Å². The molecule has 1 aliphatic heterocycles. The lowest BCUT2D eigenvalue weighted by Crippen LogP contribution is -2.37. The van der Waals surface area contributed by atoms with Crippen molar-refractivity contribution in [2.45, 2.75) is 44.6 Å². The van der Waals surface area contributed by atoms with Crippen molar-refractivity contribution in [2.75, 3.05) is 18.1 Å². The largest absolute Gasteiger partial charge is 0.376 e. The van der Waals surface area contributed by atoms with Crippen LogP contribution in [0.15, 0.2) is 30.3 Å². The number of hydrogen-bond donors (Lipinski definition) is 0. The molecule has 1 fully saturated rings. The highest BCUT2D eigenvalue weighted by atomic mass is 32.1. The summed E-state index contributed by atoms with van der Waals surface area (Å²) in [6, 6.07) is 10.2. The fraction of sp³-hybridized carbons (Fsp3) is 0.429. The molecule has 5 rings (SSSR count). The zero-order valence-electron chi connectivity index (χ0n) is 15.1. The van der Waals surface area contributed by atoms with Crippen LogP contribution in [-0.4, -0.2) is 30.1 Å². The number of anilines is 1. The van der Waals surface area contributed by atoms with Crippen LogP contribution in [0.1, 0.15) is 45.8 Å². The first-order valence-corrected chi connectivity index (χ1v) is 11.3. The number of carbonyl (C=O) groups is 1. The number of rotatable bonds is 4. The highest BCUT2D eigenvalue weighted by Gasteiger charge is 2.29. The average Bonchev–Trinajstić information content (AvgIpc) is 3.44. The molecule has 1 amide bonds. The number of hydrogen-bond acceptors (Lipinski definition) is 5. The molecular weight excluding hydrogens is 376 g/mol. The van der Waals surface area contributed by atoms with Gasteiger partial charge in [0.25, 0.3) is 5.91 Å². The van der Waals surface area contributed by atoms with Crippen molar-refractivity contribution < 1.29 is 9.53 Å². The fourth-order valence-corrected chi connectivity index (χ4v) is 6.12. The smallest absolute Gasteiger partial charge is 0.270 e. The number of amides is 1. The highest BCUT2D eigenvalue weighted by molar-refractivity contribution is 7.22. The summed E-state index contributed by atoms with van der Waals surface area (Å²) in [5.74, 6) is 0.0731. The second-order valence-corrected chi connectivity index (χ2v) is 9.43. The van der Waals surface area contributed by atoms with Gasteiger partial charge in [-0.05, 0) is 62.3 Å². The minimum Gasteiger partial charge on any atom is -0.376 e. The van der Waals surface area contributed by atoms with Gasteiger partial charge in [-0.15, -0.1) is 11.3 Å². The van der Waals surface area contributed by atoms with Gasteiger partial charge in [0.1, 0.15) is 0 Å². The molecule has 2 aromatic heterocycles. The topological polar surface area (TPSA) is 42.4 Å². The van der Waals surface area contributed by atoms with Gasteiger partial charge in [-0.1, -0.05) is 23.5 Å². The predicted octanol–water partition coefficient (Wildman–Crippen LogP) is 5.06. The Morgan fingerprint density at radius 2 is 2.07 bits per heavy atom. The second-order valence-electron chi connectivity index (χ2n) is 7.28. The molecule has 0 bridgehead atoms. The van der Waals surface area contributed by atoms with E-state index in [0.29, 0.717) is 6.54 Å². The van der Waals surface area contributed by atoms with Gasteiger partial charge in [-0.25, -0.2) is 4.98 Å². The number of thiophene rings is 1. The lowest BCUT2D eigenvalue weighted by Gasteiger charge is -2.22. The van der Waals surface area contributed by atoms with Crippen LogP contribution < -0.4 is 4.90 Å². The normalized spacial score (nSPS) is 19.3. The first kappa shape index (κ1) is 17.3. The summed E-state index contributed by atoms with van der Waals surface area (Å²) in [6.07, 6.45) is 6.87. The standard InChI is InChI=1S/C21H22N2O2S2/c24-20(19-12-14-6-1-3-9-17(14)26-19)23(13-15-7-5-11-25-15)21-22-16-8-2-4-10-18(16)27-21/h2,4,8,10,12,15H,1,3,5-7,9,11,13H2/t15-/m0/s1. The first-order valence-electron chi connectivity index (χ1n) is 9.68. The molecule has 1 atom stereocenters. The molecule has 140 valence electrons. The molecular formula is C21H22N2O2S2. The Kier molecular flexibility index (Phi) is 4.71. The second kappa shape index (κ2) is 7.34. The van der Waals surface area contributed by atoms with Crippen LogP contribution in [0.5, 0.6) is 0 Å². The Labute approximate surface area is 166 Å². The number of aromatic nitrogens is 1. The predicted molar refractivity (Wildman–Crippen MR) is 111 cm³/mol. The summed E-state index contributed by atoms with van der Waals surface area (Å²) in [5.41, 5.74) is 2.32. The monoisotopic (exact) mass is 398 g/mol. The maximum absolute atomic E-state index is 13.5. The molecule has 0 radical (unpaired) electrons. The van der Waals surface area contributed by atoms with E-state index >= 15 is 0 Å². The molecule has 6 heteroatoms. The lowest BCUT2D eigenvalue weighted by molar-refractivity contribution is 0.0920. The summed E-state index contributed by atoms with van der Waals surface area (Å²) in [5, 5.41) is 0.781. The molecule has 0 N–H and O–H groups in total. The van der Waals surface area contributed by atoms with Crippen molar-refractivity contribution >= 4 is 43.9 Å². The molecule has 1 saturated heterocycles. The molecule has 4 nitrogen and oxygen atoms in total. The van der Waals surface area contributed by atoms with E-state index in [-0.39, 0.29) is 12.0 Å². The van der Waals surface area contributed by atoms with Gasteiger partial charge in [0.15, 0.2) is 5.13 Å². The van der Waals surface area contributed by atoms with Crippen LogP contribution in [0.3, 0.4) is 0 Å². The minimum absolute atomic E-state index is 0.0731. The molecule has 0 spiro atoms. The van der Waals surface area contributed by atoms with Crippen LogP contribution >= 0.6 is 22.7 Å². The van der Waals surface area contributed by atoms with E-state index in [2.05, 4.69) is 12.1 Å². The van der Waals surface area contributed by atoms with E-state index in [4.69, 9.17) is 9.72 Å². The molecule has 1 aromatic carbocycles. The lowest BCUT2D eigenvalue weighted by atomic mass is 9.99. The van der Waals surface area contributed by atoms with Gasteiger partial charge in [-0.3, -0.25) is 9.69 Å². The van der Waals surface area contributed by atoms with E-state index < -0.39 is 0 Å². The van der Waals surface area contributed by atoms with Gasteiger partial charge in [0.05, 0.1) is 27.7 Å². The zero-order chi connectivity index (χ0) is 18.2. The van der Waals surface area contributed by atoms with Gasteiger partial charge in [-0.2, -0.15) is 0 Å². The summed E-state index contributed by atoms with van der Waals surface area (Å²) in [7, 11) is 0. The van der Waals surface area contributed by atoms with Crippen LogP contribution in [0, 0.1) is 0 Å². The molecule has 3 aromatic rings. The highest BCUT2D eigenvalue weighted by Crippen LogP contribution is 2.34. The van der Waals surface area contributed by atoms with Gasteiger partial charge >= 0.3 is 0 Å². The van der Waals surface area contributed by atoms with Crippen LogP contribution in [0.4, 0.5) is 5.13 Å². The number of benzene rings is 1. The number of para-hydroxylation sites is 1. The van der Waals surface area contributed by atoms with E-state index in [0.717, 1.165) is 52.5 Å².